The number of rotatable bonds is 2. The number of carboxylic acid groups (broad SMARTS) is 1. The van der Waals surface area contributed by atoms with Gasteiger partial charge in [-0.2, -0.15) is 0 Å². The number of allylic oxidation sites excluding steroid dienone is 2. The number of carbonyl (C=O) groups excluding carboxylic acids is 2. The largest absolute Gasteiger partial charge is 0.478 e. The highest BCUT2D eigenvalue weighted by molar-refractivity contribution is 6.24. The van der Waals surface area contributed by atoms with E-state index >= 15 is 0 Å². The molecule has 1 aromatic carbocycles. The molecule has 6 atom stereocenters. The average molecular weight is 309 g/mol. The molecule has 116 valence electrons. The first-order chi connectivity index (χ1) is 11.1. The van der Waals surface area contributed by atoms with Gasteiger partial charge in [-0.1, -0.05) is 24.3 Å². The van der Waals surface area contributed by atoms with Gasteiger partial charge in [-0.15, -0.1) is 0 Å². The van der Waals surface area contributed by atoms with E-state index in [0.29, 0.717) is 11.8 Å². The molecule has 6 rings (SSSR count). The summed E-state index contributed by atoms with van der Waals surface area (Å²) >= 11 is 0. The van der Waals surface area contributed by atoms with Gasteiger partial charge in [-0.05, 0) is 42.2 Å². The number of carboxylic acids is 1. The molecule has 3 fully saturated rings. The second-order valence-corrected chi connectivity index (χ2v) is 6.99. The molecule has 23 heavy (non-hydrogen) atoms. The van der Waals surface area contributed by atoms with Gasteiger partial charge in [0.2, 0.25) is 11.8 Å². The van der Waals surface area contributed by atoms with E-state index in [4.69, 9.17) is 0 Å². The number of nitrogens with zero attached hydrogens (tertiary/aromatic N) is 1. The second kappa shape index (κ2) is 4.10. The van der Waals surface area contributed by atoms with Crippen molar-refractivity contribution in [2.24, 2.45) is 35.5 Å². The van der Waals surface area contributed by atoms with Gasteiger partial charge in [-0.3, -0.25) is 9.59 Å². The first kappa shape index (κ1) is 13.0. The highest BCUT2D eigenvalue weighted by Gasteiger charge is 2.67. The van der Waals surface area contributed by atoms with Crippen molar-refractivity contribution in [1.29, 1.82) is 0 Å². The van der Waals surface area contributed by atoms with Crippen molar-refractivity contribution in [2.45, 2.75) is 6.42 Å². The predicted molar refractivity (Wildman–Crippen MR) is 80.6 cm³/mol. The van der Waals surface area contributed by atoms with Crippen LogP contribution < -0.4 is 4.90 Å². The molecule has 1 N–H and O–H groups in total. The molecule has 4 aliphatic carbocycles. The van der Waals surface area contributed by atoms with Crippen LogP contribution in [0, 0.1) is 35.5 Å². The smallest absolute Gasteiger partial charge is 0.337 e. The van der Waals surface area contributed by atoms with Gasteiger partial charge in [0, 0.05) is 0 Å². The monoisotopic (exact) mass is 309 g/mol. The lowest BCUT2D eigenvalue weighted by molar-refractivity contribution is -0.124. The van der Waals surface area contributed by atoms with Crippen molar-refractivity contribution in [3.8, 4) is 0 Å². The summed E-state index contributed by atoms with van der Waals surface area (Å²) in [6, 6.07) is 6.25. The summed E-state index contributed by atoms with van der Waals surface area (Å²) in [5.41, 5.74) is 0.204. The first-order valence-corrected chi connectivity index (χ1v) is 7.98. The number of hydrogen-bond acceptors (Lipinski definition) is 3. The zero-order valence-electron chi connectivity index (χ0n) is 12.3. The maximum Gasteiger partial charge on any atom is 0.337 e. The molecule has 1 aromatic rings. The fourth-order valence-corrected chi connectivity index (χ4v) is 5.04. The van der Waals surface area contributed by atoms with E-state index in [1.54, 1.807) is 18.2 Å². The van der Waals surface area contributed by atoms with Gasteiger partial charge in [-0.25, -0.2) is 9.69 Å². The fraction of sp³-hybridized carbons (Fsp3) is 0.389. The Hall–Kier alpha value is -2.43. The molecule has 1 aliphatic heterocycles. The van der Waals surface area contributed by atoms with Crippen LogP contribution in [0.25, 0.3) is 0 Å². The van der Waals surface area contributed by atoms with Crippen molar-refractivity contribution >= 4 is 23.5 Å². The Balaban J connectivity index is 1.61. The van der Waals surface area contributed by atoms with Crippen LogP contribution in [0.3, 0.4) is 0 Å². The van der Waals surface area contributed by atoms with Crippen molar-refractivity contribution in [3.05, 3.63) is 42.0 Å². The number of benzene rings is 1. The van der Waals surface area contributed by atoms with Gasteiger partial charge >= 0.3 is 5.97 Å². The number of imide groups is 1. The van der Waals surface area contributed by atoms with E-state index < -0.39 is 5.97 Å². The van der Waals surface area contributed by atoms with Crippen LogP contribution in [0.5, 0.6) is 0 Å². The summed E-state index contributed by atoms with van der Waals surface area (Å²) in [5.74, 6) is -0.805. The number of para-hydroxylation sites is 1. The highest BCUT2D eigenvalue weighted by Crippen LogP contribution is 2.65. The summed E-state index contributed by atoms with van der Waals surface area (Å²) in [6.45, 7) is 0. The summed E-state index contributed by atoms with van der Waals surface area (Å²) in [7, 11) is 0. The normalized spacial score (nSPS) is 39.4. The summed E-state index contributed by atoms with van der Waals surface area (Å²) < 4.78 is 0. The average Bonchev–Trinajstić information content (AvgIpc) is 3.32. The third kappa shape index (κ3) is 1.49. The number of aromatic carboxylic acids is 1. The molecular formula is C18H15NO4. The summed E-state index contributed by atoms with van der Waals surface area (Å²) in [5, 5.41) is 9.36. The molecule has 0 spiro atoms. The molecule has 0 radical (unpaired) electrons. The van der Waals surface area contributed by atoms with Crippen LogP contribution in [0.4, 0.5) is 5.69 Å². The molecule has 5 aliphatic rings. The van der Waals surface area contributed by atoms with E-state index in [-0.39, 0.29) is 46.7 Å². The zero-order valence-corrected chi connectivity index (χ0v) is 12.3. The van der Waals surface area contributed by atoms with Crippen LogP contribution in [-0.2, 0) is 9.59 Å². The molecule has 0 aromatic heterocycles. The van der Waals surface area contributed by atoms with Crippen molar-refractivity contribution in [2.75, 3.05) is 4.90 Å². The predicted octanol–water partition coefficient (Wildman–Crippen LogP) is 1.94. The third-order valence-electron chi connectivity index (χ3n) is 6.04. The van der Waals surface area contributed by atoms with Crippen molar-refractivity contribution < 1.29 is 19.5 Å². The van der Waals surface area contributed by atoms with Crippen molar-refractivity contribution in [1.82, 2.24) is 0 Å². The van der Waals surface area contributed by atoms with E-state index in [1.165, 1.54) is 6.07 Å². The van der Waals surface area contributed by atoms with Gasteiger partial charge in [0.15, 0.2) is 0 Å². The Morgan fingerprint density at radius 2 is 1.57 bits per heavy atom. The molecule has 2 saturated carbocycles. The lowest BCUT2D eigenvalue weighted by atomic mass is 9.63. The standard InChI is InChI=1S/C18H15NO4/c20-16-14-8-5-6-9(12-7-11(8)12)15(14)17(21)19(16)13-4-2-1-3-10(13)18(22)23/h1-6,8-9,11-12,14-15H,7H2,(H,22,23)/t8-,9-,11-,12+,14+,15+/m0/s1. The van der Waals surface area contributed by atoms with Gasteiger partial charge in [0.05, 0.1) is 23.1 Å². The quantitative estimate of drug-likeness (QED) is 0.669. The van der Waals surface area contributed by atoms with Crippen LogP contribution in [0.2, 0.25) is 0 Å². The minimum atomic E-state index is -1.12. The fourth-order valence-electron chi connectivity index (χ4n) is 5.04. The minimum absolute atomic E-state index is 0.00156. The SMILES string of the molecule is O=C(O)c1ccccc1N1C(=O)[C@@H]2[C@H]3C=C[C@@H]([C@@H]4C[C@H]34)[C@H]2C1=O. The lowest BCUT2D eigenvalue weighted by Crippen LogP contribution is -2.40. The van der Waals surface area contributed by atoms with Gasteiger partial charge in [0.25, 0.3) is 0 Å². The Morgan fingerprint density at radius 1 is 1.00 bits per heavy atom. The van der Waals surface area contributed by atoms with E-state index in [0.717, 1.165) is 11.3 Å². The summed E-state index contributed by atoms with van der Waals surface area (Å²) in [6.07, 6.45) is 5.33. The first-order valence-electron chi connectivity index (χ1n) is 7.98. The van der Waals surface area contributed by atoms with Crippen LogP contribution in [0.15, 0.2) is 36.4 Å². The lowest BCUT2D eigenvalue weighted by Gasteiger charge is -2.37. The number of carbonyl (C=O) groups is 3. The van der Waals surface area contributed by atoms with Crippen molar-refractivity contribution in [3.63, 3.8) is 0 Å². The second-order valence-electron chi connectivity index (χ2n) is 6.99. The van der Waals surface area contributed by atoms with E-state index in [9.17, 15) is 19.5 Å². The van der Waals surface area contributed by atoms with Crippen LogP contribution in [0.1, 0.15) is 16.8 Å². The Morgan fingerprint density at radius 3 is 2.13 bits per heavy atom. The van der Waals surface area contributed by atoms with Crippen LogP contribution >= 0.6 is 0 Å². The number of amides is 2. The molecule has 5 nitrogen and oxygen atoms in total. The van der Waals surface area contributed by atoms with Gasteiger partial charge < -0.3 is 5.11 Å². The topological polar surface area (TPSA) is 74.7 Å². The number of anilines is 1. The molecule has 2 bridgehead atoms. The molecule has 1 heterocycles. The van der Waals surface area contributed by atoms with E-state index in [2.05, 4.69) is 12.2 Å². The Labute approximate surface area is 132 Å². The molecule has 2 amide bonds. The van der Waals surface area contributed by atoms with E-state index in [1.807, 2.05) is 0 Å². The Bertz CT molecular complexity index is 762. The molecular weight excluding hydrogens is 294 g/mol. The summed E-state index contributed by atoms with van der Waals surface area (Å²) in [4.78, 5) is 38.5. The zero-order chi connectivity index (χ0) is 15.9. The minimum Gasteiger partial charge on any atom is -0.478 e. The van der Waals surface area contributed by atoms with Crippen LogP contribution in [-0.4, -0.2) is 22.9 Å². The third-order valence-corrected chi connectivity index (χ3v) is 6.04. The Kier molecular flexibility index (Phi) is 2.33. The molecule has 5 heteroatoms. The maximum absolute atomic E-state index is 13.0. The molecule has 0 unspecified atom stereocenters. The number of hydrogen-bond donors (Lipinski definition) is 1. The maximum atomic E-state index is 13.0. The van der Waals surface area contributed by atoms with Gasteiger partial charge in [0.1, 0.15) is 0 Å². The molecule has 1 saturated heterocycles. The highest BCUT2D eigenvalue weighted by atomic mass is 16.4.